The second-order valence-corrected chi connectivity index (χ2v) is 13.2. The third kappa shape index (κ3) is 6.97. The number of para-hydroxylation sites is 1. The molecular weight excluding hydrogens is 641 g/mol. The molecule has 1 atom stereocenters. The van der Waals surface area contributed by atoms with E-state index < -0.39 is 0 Å². The van der Waals surface area contributed by atoms with Gasteiger partial charge in [-0.15, -0.1) is 0 Å². The highest BCUT2D eigenvalue weighted by molar-refractivity contribution is 6.26. The van der Waals surface area contributed by atoms with Crippen molar-refractivity contribution >= 4 is 43.6 Å². The summed E-state index contributed by atoms with van der Waals surface area (Å²) in [5, 5.41) is 7.30. The first-order valence-electron chi connectivity index (χ1n) is 18.1. The molecule has 0 aromatic heterocycles. The van der Waals surface area contributed by atoms with E-state index in [0.29, 0.717) is 0 Å². The highest BCUT2D eigenvalue weighted by atomic mass is 14.6. The Morgan fingerprint density at radius 2 is 0.943 bits per heavy atom. The van der Waals surface area contributed by atoms with E-state index in [1.54, 1.807) is 0 Å². The second kappa shape index (κ2) is 15.2. The van der Waals surface area contributed by atoms with Crippen LogP contribution in [0.15, 0.2) is 212 Å². The molecule has 254 valence electrons. The van der Waals surface area contributed by atoms with Crippen molar-refractivity contribution in [3.8, 4) is 22.3 Å². The third-order valence-electron chi connectivity index (χ3n) is 9.90. The van der Waals surface area contributed by atoms with Crippen molar-refractivity contribution in [2.75, 3.05) is 5.73 Å². The van der Waals surface area contributed by atoms with Gasteiger partial charge in [-0.3, -0.25) is 0 Å². The van der Waals surface area contributed by atoms with Crippen LogP contribution in [0.5, 0.6) is 0 Å². The lowest BCUT2D eigenvalue weighted by atomic mass is 9.86. The summed E-state index contributed by atoms with van der Waals surface area (Å²) in [5.74, 6) is 0. The summed E-state index contributed by atoms with van der Waals surface area (Å²) in [6.45, 7) is 0. The largest absolute Gasteiger partial charge is 0.398 e. The molecule has 9 aromatic rings. The minimum absolute atomic E-state index is 0.225. The fourth-order valence-electron chi connectivity index (χ4n) is 7.31. The molecule has 0 radical (unpaired) electrons. The van der Waals surface area contributed by atoms with Crippen LogP contribution in [0.1, 0.15) is 22.7 Å². The highest BCUT2D eigenvalue weighted by Gasteiger charge is 2.17. The number of nitrogens with two attached hydrogens (primary N) is 2. The van der Waals surface area contributed by atoms with Crippen LogP contribution >= 0.6 is 0 Å². The Kier molecular flexibility index (Phi) is 9.61. The molecule has 0 aliphatic rings. The maximum atomic E-state index is 6.73. The van der Waals surface area contributed by atoms with Gasteiger partial charge in [0.05, 0.1) is 0 Å². The van der Waals surface area contributed by atoms with Gasteiger partial charge in [0, 0.05) is 17.3 Å². The average Bonchev–Trinajstić information content (AvgIpc) is 3.24. The van der Waals surface area contributed by atoms with E-state index in [2.05, 4.69) is 140 Å². The van der Waals surface area contributed by atoms with Crippen LogP contribution in [0.2, 0.25) is 0 Å². The monoisotopic (exact) mass is 680 g/mol. The summed E-state index contributed by atoms with van der Waals surface area (Å²) < 4.78 is 0. The minimum atomic E-state index is -0.225. The molecule has 0 aliphatic carbocycles. The normalized spacial score (nSPS) is 12.0. The van der Waals surface area contributed by atoms with Crippen LogP contribution in [0.25, 0.3) is 60.1 Å². The molecule has 4 N–H and O–H groups in total. The first-order chi connectivity index (χ1) is 26.2. The molecule has 0 spiro atoms. The summed E-state index contributed by atoms with van der Waals surface area (Å²) >= 11 is 0. The predicted octanol–water partition coefficient (Wildman–Crippen LogP) is 12.9. The van der Waals surface area contributed by atoms with E-state index in [1.807, 2.05) is 72.8 Å². The van der Waals surface area contributed by atoms with Gasteiger partial charge in [0.25, 0.3) is 0 Å². The van der Waals surface area contributed by atoms with Gasteiger partial charge in [0.15, 0.2) is 0 Å². The van der Waals surface area contributed by atoms with Gasteiger partial charge in [-0.05, 0) is 89.5 Å². The number of fused-ring (bicyclic) bond motifs is 5. The Labute approximate surface area is 311 Å². The maximum Gasteiger partial charge on any atom is 0.0490 e. The molecule has 0 heterocycles. The molecular formula is C51H40N2. The van der Waals surface area contributed by atoms with Gasteiger partial charge < -0.3 is 11.5 Å². The molecule has 0 saturated carbocycles. The maximum absolute atomic E-state index is 6.73. The lowest BCUT2D eigenvalue weighted by Crippen LogP contribution is -2.08. The minimum Gasteiger partial charge on any atom is -0.398 e. The van der Waals surface area contributed by atoms with Gasteiger partial charge in [-0.25, -0.2) is 0 Å². The van der Waals surface area contributed by atoms with E-state index in [1.165, 1.54) is 43.4 Å². The Morgan fingerprint density at radius 3 is 1.62 bits per heavy atom. The topological polar surface area (TPSA) is 52.0 Å². The SMILES string of the molecule is Nc1ccccc1-c1cc2ccccc2c2cc(-c3ccc(/C(=C\C(N)c4ccccc4)c4ccccc4)cc3)c3ccccc3c12.c1ccccc1. The lowest BCUT2D eigenvalue weighted by molar-refractivity contribution is 0.913. The smallest absolute Gasteiger partial charge is 0.0490 e. The van der Waals surface area contributed by atoms with Crippen molar-refractivity contribution in [2.24, 2.45) is 5.73 Å². The summed E-state index contributed by atoms with van der Waals surface area (Å²) in [6.07, 6.45) is 2.17. The summed E-state index contributed by atoms with van der Waals surface area (Å²) in [4.78, 5) is 0. The zero-order valence-corrected chi connectivity index (χ0v) is 29.4. The van der Waals surface area contributed by atoms with Crippen molar-refractivity contribution in [1.29, 1.82) is 0 Å². The van der Waals surface area contributed by atoms with Gasteiger partial charge in [0.1, 0.15) is 0 Å². The van der Waals surface area contributed by atoms with Crippen LogP contribution in [-0.4, -0.2) is 0 Å². The van der Waals surface area contributed by atoms with E-state index in [-0.39, 0.29) is 6.04 Å². The molecule has 0 amide bonds. The molecule has 0 aliphatic heterocycles. The van der Waals surface area contributed by atoms with Gasteiger partial charge in [0.2, 0.25) is 0 Å². The van der Waals surface area contributed by atoms with Crippen molar-refractivity contribution in [2.45, 2.75) is 6.04 Å². The molecule has 2 nitrogen and oxygen atoms in total. The van der Waals surface area contributed by atoms with Crippen molar-refractivity contribution in [3.63, 3.8) is 0 Å². The first-order valence-corrected chi connectivity index (χ1v) is 18.1. The summed E-state index contributed by atoms with van der Waals surface area (Å²) in [6, 6.07) is 71.7. The van der Waals surface area contributed by atoms with Crippen LogP contribution in [0.4, 0.5) is 5.69 Å². The predicted molar refractivity (Wildman–Crippen MR) is 228 cm³/mol. The second-order valence-electron chi connectivity index (χ2n) is 13.2. The molecule has 0 fully saturated rings. The van der Waals surface area contributed by atoms with Crippen LogP contribution in [0, 0.1) is 0 Å². The van der Waals surface area contributed by atoms with E-state index in [0.717, 1.165) is 39.1 Å². The number of nitrogen functional groups attached to an aromatic ring is 1. The molecule has 2 heteroatoms. The van der Waals surface area contributed by atoms with E-state index >= 15 is 0 Å². The quantitative estimate of drug-likeness (QED) is 0.136. The van der Waals surface area contributed by atoms with Crippen LogP contribution in [-0.2, 0) is 0 Å². The Bertz CT molecular complexity index is 2640. The fraction of sp³-hybridized carbons (Fsp3) is 0.0196. The van der Waals surface area contributed by atoms with Crippen LogP contribution in [0.3, 0.4) is 0 Å². The fourth-order valence-corrected chi connectivity index (χ4v) is 7.31. The number of hydrogen-bond acceptors (Lipinski definition) is 2. The summed E-state index contributed by atoms with van der Waals surface area (Å²) in [5.41, 5.74) is 23.1. The highest BCUT2D eigenvalue weighted by Crippen LogP contribution is 2.44. The molecule has 9 rings (SSSR count). The Balaban J connectivity index is 0.000000609. The molecule has 9 aromatic carbocycles. The Hall–Kier alpha value is -6.74. The third-order valence-corrected chi connectivity index (χ3v) is 9.90. The first kappa shape index (κ1) is 33.4. The van der Waals surface area contributed by atoms with Crippen molar-refractivity contribution in [3.05, 3.63) is 229 Å². The zero-order chi connectivity index (χ0) is 36.0. The lowest BCUT2D eigenvalue weighted by Gasteiger charge is -2.18. The number of hydrogen-bond donors (Lipinski definition) is 2. The molecule has 53 heavy (non-hydrogen) atoms. The molecule has 0 saturated heterocycles. The van der Waals surface area contributed by atoms with Gasteiger partial charge >= 0.3 is 0 Å². The van der Waals surface area contributed by atoms with Crippen LogP contribution < -0.4 is 11.5 Å². The summed E-state index contributed by atoms with van der Waals surface area (Å²) in [7, 11) is 0. The molecule has 1 unspecified atom stereocenters. The van der Waals surface area contributed by atoms with E-state index in [9.17, 15) is 0 Å². The zero-order valence-electron chi connectivity index (χ0n) is 29.4. The number of rotatable bonds is 6. The standard InChI is InChI=1S/C45H34N2.C6H6/c46-43-22-12-11-20-37(43)41-27-34-17-7-8-18-35(34)42-28-40(36-19-9-10-21-38(36)45(41)42)32-25-23-31(24-26-32)39(30-13-3-1-4-14-30)29-44(47)33-15-5-2-6-16-33;1-2-4-6-5-3-1/h1-29,44H,46-47H2;1-6H/b39-29-;. The van der Waals surface area contributed by atoms with E-state index in [4.69, 9.17) is 11.5 Å². The van der Waals surface area contributed by atoms with Gasteiger partial charge in [-0.2, -0.15) is 0 Å². The van der Waals surface area contributed by atoms with Gasteiger partial charge in [-0.1, -0.05) is 194 Å². The average molecular weight is 681 g/mol. The molecule has 0 bridgehead atoms. The number of benzene rings is 9. The van der Waals surface area contributed by atoms with Crippen molar-refractivity contribution < 1.29 is 0 Å². The van der Waals surface area contributed by atoms with Crippen molar-refractivity contribution in [1.82, 2.24) is 0 Å². The Morgan fingerprint density at radius 1 is 0.415 bits per heavy atom. The number of anilines is 1.